The van der Waals surface area contributed by atoms with Gasteiger partial charge in [0.15, 0.2) is 0 Å². The fourth-order valence-corrected chi connectivity index (χ4v) is 2.59. The molecule has 0 aromatic carbocycles. The maximum absolute atomic E-state index is 2.46. The second-order valence-electron chi connectivity index (χ2n) is 5.85. The van der Waals surface area contributed by atoms with Crippen molar-refractivity contribution in [3.8, 4) is 0 Å². The third-order valence-electron chi connectivity index (χ3n) is 3.39. The number of hydrogen-bond donors (Lipinski definition) is 0. The first-order valence-electron chi connectivity index (χ1n) is 6.44. The summed E-state index contributed by atoms with van der Waals surface area (Å²) >= 11 is 0. The largest absolute Gasteiger partial charge is 0.0654 e. The highest BCUT2D eigenvalue weighted by Gasteiger charge is 2.28. The topological polar surface area (TPSA) is 0 Å². The summed E-state index contributed by atoms with van der Waals surface area (Å²) in [6.07, 6.45) is 6.85. The van der Waals surface area contributed by atoms with Crippen molar-refractivity contribution in [2.24, 2.45) is 17.3 Å². The van der Waals surface area contributed by atoms with E-state index in [4.69, 9.17) is 0 Å². The number of rotatable bonds is 7. The van der Waals surface area contributed by atoms with E-state index in [2.05, 4.69) is 41.5 Å². The number of hydrogen-bond acceptors (Lipinski definition) is 0. The molecule has 0 aromatic rings. The first-order chi connectivity index (χ1) is 6.44. The summed E-state index contributed by atoms with van der Waals surface area (Å²) in [5.74, 6) is 1.77. The molecule has 0 amide bonds. The normalized spacial score (nSPS) is 14.8. The van der Waals surface area contributed by atoms with Gasteiger partial charge in [-0.1, -0.05) is 60.8 Å². The SMILES string of the molecule is CCCC(CC(C)C)C(C)(C)CCC. The van der Waals surface area contributed by atoms with Crippen LogP contribution in [-0.4, -0.2) is 0 Å². The molecule has 0 nitrogen and oxygen atoms in total. The zero-order valence-corrected chi connectivity index (χ0v) is 11.2. The summed E-state index contributed by atoms with van der Waals surface area (Å²) in [5, 5.41) is 0. The van der Waals surface area contributed by atoms with E-state index < -0.39 is 0 Å². The van der Waals surface area contributed by atoms with Gasteiger partial charge in [-0.25, -0.2) is 0 Å². The van der Waals surface area contributed by atoms with Crippen molar-refractivity contribution in [3.05, 3.63) is 0 Å². The van der Waals surface area contributed by atoms with E-state index in [9.17, 15) is 0 Å². The Labute approximate surface area is 91.5 Å². The smallest absolute Gasteiger partial charge is 0.0326 e. The van der Waals surface area contributed by atoms with Crippen molar-refractivity contribution in [3.63, 3.8) is 0 Å². The van der Waals surface area contributed by atoms with E-state index in [-0.39, 0.29) is 0 Å². The van der Waals surface area contributed by atoms with E-state index >= 15 is 0 Å². The van der Waals surface area contributed by atoms with Crippen LogP contribution < -0.4 is 0 Å². The molecule has 0 spiro atoms. The van der Waals surface area contributed by atoms with Crippen LogP contribution in [-0.2, 0) is 0 Å². The highest BCUT2D eigenvalue weighted by molar-refractivity contribution is 4.78. The third kappa shape index (κ3) is 5.02. The van der Waals surface area contributed by atoms with Crippen molar-refractivity contribution >= 4 is 0 Å². The zero-order chi connectivity index (χ0) is 11.2. The monoisotopic (exact) mass is 198 g/mol. The Bertz CT molecular complexity index is 133. The fourth-order valence-electron chi connectivity index (χ4n) is 2.59. The van der Waals surface area contributed by atoms with Gasteiger partial charge in [-0.15, -0.1) is 0 Å². The van der Waals surface area contributed by atoms with Gasteiger partial charge in [0.1, 0.15) is 0 Å². The molecule has 0 aliphatic heterocycles. The van der Waals surface area contributed by atoms with Crippen LogP contribution in [0.1, 0.15) is 73.6 Å². The van der Waals surface area contributed by atoms with Crippen LogP contribution in [0.2, 0.25) is 0 Å². The van der Waals surface area contributed by atoms with Crippen molar-refractivity contribution in [2.75, 3.05) is 0 Å². The maximum atomic E-state index is 2.46. The van der Waals surface area contributed by atoms with E-state index in [1.807, 2.05) is 0 Å². The minimum Gasteiger partial charge on any atom is -0.0654 e. The molecule has 0 radical (unpaired) electrons. The van der Waals surface area contributed by atoms with Crippen LogP contribution in [0.5, 0.6) is 0 Å². The molecule has 0 saturated carbocycles. The Balaban J connectivity index is 4.29. The lowest BCUT2D eigenvalue weighted by Gasteiger charge is -2.35. The summed E-state index contributed by atoms with van der Waals surface area (Å²) in [6.45, 7) is 14.2. The summed E-state index contributed by atoms with van der Waals surface area (Å²) in [7, 11) is 0. The van der Waals surface area contributed by atoms with Crippen molar-refractivity contribution < 1.29 is 0 Å². The third-order valence-corrected chi connectivity index (χ3v) is 3.39. The fraction of sp³-hybridized carbons (Fsp3) is 1.00. The minimum atomic E-state index is 0.551. The average Bonchev–Trinajstić information content (AvgIpc) is 2.02. The molecule has 0 fully saturated rings. The Morgan fingerprint density at radius 3 is 1.93 bits per heavy atom. The first kappa shape index (κ1) is 14.0. The molecule has 86 valence electrons. The van der Waals surface area contributed by atoms with E-state index in [1.54, 1.807) is 0 Å². The molecule has 0 aliphatic carbocycles. The standard InChI is InChI=1S/C14H30/c1-7-9-13(11-12(3)4)14(5,6)10-8-2/h12-13H,7-11H2,1-6H3. The lowest BCUT2D eigenvalue weighted by molar-refractivity contribution is 0.153. The molecule has 0 rings (SSSR count). The van der Waals surface area contributed by atoms with Gasteiger partial charge in [-0.05, 0) is 30.1 Å². The summed E-state index contributed by atoms with van der Waals surface area (Å²) < 4.78 is 0. The first-order valence-corrected chi connectivity index (χ1v) is 6.44. The molecule has 14 heavy (non-hydrogen) atoms. The predicted octanol–water partition coefficient (Wildman–Crippen LogP) is 5.28. The van der Waals surface area contributed by atoms with Crippen LogP contribution >= 0.6 is 0 Å². The molecule has 0 heterocycles. The Morgan fingerprint density at radius 2 is 1.57 bits per heavy atom. The van der Waals surface area contributed by atoms with Crippen molar-refractivity contribution in [1.82, 2.24) is 0 Å². The molecular weight excluding hydrogens is 168 g/mol. The average molecular weight is 198 g/mol. The van der Waals surface area contributed by atoms with Crippen LogP contribution in [0.15, 0.2) is 0 Å². The second kappa shape index (κ2) is 6.48. The van der Waals surface area contributed by atoms with Crippen LogP contribution in [0.3, 0.4) is 0 Å². The van der Waals surface area contributed by atoms with Crippen molar-refractivity contribution in [1.29, 1.82) is 0 Å². The van der Waals surface area contributed by atoms with Gasteiger partial charge in [0.2, 0.25) is 0 Å². The molecule has 1 unspecified atom stereocenters. The van der Waals surface area contributed by atoms with Gasteiger partial charge in [-0.2, -0.15) is 0 Å². The Morgan fingerprint density at radius 1 is 1.00 bits per heavy atom. The van der Waals surface area contributed by atoms with Crippen LogP contribution in [0, 0.1) is 17.3 Å². The quantitative estimate of drug-likeness (QED) is 0.522. The highest BCUT2D eigenvalue weighted by atomic mass is 14.3. The summed E-state index contributed by atoms with van der Waals surface area (Å²) in [4.78, 5) is 0. The molecule has 0 aliphatic rings. The van der Waals surface area contributed by atoms with Gasteiger partial charge in [0, 0.05) is 0 Å². The molecular formula is C14H30. The molecule has 0 N–H and O–H groups in total. The zero-order valence-electron chi connectivity index (χ0n) is 11.2. The van der Waals surface area contributed by atoms with E-state index in [0.717, 1.165) is 11.8 Å². The Kier molecular flexibility index (Phi) is 6.48. The second-order valence-corrected chi connectivity index (χ2v) is 5.85. The van der Waals surface area contributed by atoms with E-state index in [1.165, 1.54) is 32.1 Å². The molecule has 0 saturated heterocycles. The molecule has 1 atom stereocenters. The van der Waals surface area contributed by atoms with Gasteiger partial charge in [-0.3, -0.25) is 0 Å². The summed E-state index contributed by atoms with van der Waals surface area (Å²) in [6, 6.07) is 0. The van der Waals surface area contributed by atoms with E-state index in [0.29, 0.717) is 5.41 Å². The van der Waals surface area contributed by atoms with Crippen LogP contribution in [0.4, 0.5) is 0 Å². The molecule has 0 aromatic heterocycles. The van der Waals surface area contributed by atoms with Gasteiger partial charge < -0.3 is 0 Å². The lowest BCUT2D eigenvalue weighted by atomic mass is 9.70. The van der Waals surface area contributed by atoms with Crippen LogP contribution in [0.25, 0.3) is 0 Å². The predicted molar refractivity (Wildman–Crippen MR) is 66.5 cm³/mol. The van der Waals surface area contributed by atoms with Gasteiger partial charge >= 0.3 is 0 Å². The minimum absolute atomic E-state index is 0.551. The lowest BCUT2D eigenvalue weighted by Crippen LogP contribution is -2.25. The molecule has 0 bridgehead atoms. The van der Waals surface area contributed by atoms with Gasteiger partial charge in [0.05, 0.1) is 0 Å². The maximum Gasteiger partial charge on any atom is -0.0326 e. The van der Waals surface area contributed by atoms with Crippen molar-refractivity contribution in [2.45, 2.75) is 73.6 Å². The highest BCUT2D eigenvalue weighted by Crippen LogP contribution is 2.38. The molecule has 0 heteroatoms. The van der Waals surface area contributed by atoms with Gasteiger partial charge in [0.25, 0.3) is 0 Å². The Hall–Kier alpha value is 0. The summed E-state index contributed by atoms with van der Waals surface area (Å²) in [5.41, 5.74) is 0.551.